The van der Waals surface area contributed by atoms with Gasteiger partial charge in [0.15, 0.2) is 0 Å². The van der Waals surface area contributed by atoms with E-state index in [4.69, 9.17) is 0 Å². The highest BCUT2D eigenvalue weighted by Crippen LogP contribution is 2.41. The molecule has 0 saturated heterocycles. The predicted octanol–water partition coefficient (Wildman–Crippen LogP) is 3.76. The molecule has 0 spiro atoms. The maximum atomic E-state index is 13.9. The largest absolute Gasteiger partial charge is 0.333 e. The summed E-state index contributed by atoms with van der Waals surface area (Å²) < 4.78 is 16.4. The lowest BCUT2D eigenvalue weighted by atomic mass is 10.1. The fraction of sp³-hybridized carbons (Fsp3) is 0.412. The number of halogens is 2. The number of amides is 2. The van der Waals surface area contributed by atoms with Crippen LogP contribution in [-0.2, 0) is 13.6 Å². The monoisotopic (exact) mass is 394 g/mol. The van der Waals surface area contributed by atoms with Gasteiger partial charge in [-0.1, -0.05) is 22.0 Å². The molecule has 1 saturated carbocycles. The van der Waals surface area contributed by atoms with Gasteiger partial charge in [0, 0.05) is 17.1 Å². The van der Waals surface area contributed by atoms with Gasteiger partial charge in [-0.2, -0.15) is 5.10 Å². The molecule has 1 aliphatic carbocycles. The van der Waals surface area contributed by atoms with Crippen molar-refractivity contribution in [2.45, 2.75) is 38.3 Å². The first-order valence-corrected chi connectivity index (χ1v) is 8.75. The fourth-order valence-corrected chi connectivity index (χ4v) is 3.11. The molecule has 7 heteroatoms. The molecule has 1 unspecified atom stereocenters. The Morgan fingerprint density at radius 3 is 2.92 bits per heavy atom. The number of hydrogen-bond donors (Lipinski definition) is 2. The van der Waals surface area contributed by atoms with Gasteiger partial charge in [-0.05, 0) is 43.4 Å². The Kier molecular flexibility index (Phi) is 4.89. The smallest absolute Gasteiger partial charge is 0.315 e. The molecule has 128 valence electrons. The Hall–Kier alpha value is -1.89. The number of aromatic nitrogens is 2. The molecule has 1 fully saturated rings. The summed E-state index contributed by atoms with van der Waals surface area (Å²) in [6, 6.07) is 4.06. The molecule has 1 aromatic carbocycles. The van der Waals surface area contributed by atoms with Crippen LogP contribution < -0.4 is 10.6 Å². The zero-order valence-electron chi connectivity index (χ0n) is 13.6. The molecule has 0 radical (unpaired) electrons. The minimum absolute atomic E-state index is 0.326. The van der Waals surface area contributed by atoms with Crippen LogP contribution in [0.3, 0.4) is 0 Å². The van der Waals surface area contributed by atoms with Crippen molar-refractivity contribution < 1.29 is 9.18 Å². The average Bonchev–Trinajstić information content (AvgIpc) is 3.29. The number of nitrogens with one attached hydrogen (secondary N) is 2. The predicted molar refractivity (Wildman–Crippen MR) is 93.1 cm³/mol. The molecular formula is C17H20BrFN4O. The van der Waals surface area contributed by atoms with Gasteiger partial charge < -0.3 is 10.6 Å². The van der Waals surface area contributed by atoms with E-state index in [1.54, 1.807) is 23.7 Å². The molecule has 1 aromatic heterocycles. The van der Waals surface area contributed by atoms with Crippen LogP contribution in [0.2, 0.25) is 0 Å². The molecule has 1 atom stereocenters. The van der Waals surface area contributed by atoms with Crippen molar-refractivity contribution in [2.75, 3.05) is 0 Å². The van der Waals surface area contributed by atoms with Crippen molar-refractivity contribution in [3.8, 4) is 0 Å². The van der Waals surface area contributed by atoms with Gasteiger partial charge in [0.25, 0.3) is 0 Å². The summed E-state index contributed by atoms with van der Waals surface area (Å²) in [5.41, 5.74) is 2.69. The summed E-state index contributed by atoms with van der Waals surface area (Å²) in [7, 11) is 1.88. The molecular weight excluding hydrogens is 375 g/mol. The zero-order valence-corrected chi connectivity index (χ0v) is 15.2. The summed E-state index contributed by atoms with van der Waals surface area (Å²) in [5.74, 6) is 0.231. The summed E-state index contributed by atoms with van der Waals surface area (Å²) in [6.07, 6.45) is 4.25. The third-order valence-corrected chi connectivity index (χ3v) is 4.80. The van der Waals surface area contributed by atoms with Gasteiger partial charge in [-0.3, -0.25) is 4.68 Å². The maximum Gasteiger partial charge on any atom is 0.315 e. The van der Waals surface area contributed by atoms with Crippen LogP contribution in [0, 0.1) is 5.82 Å². The second-order valence-corrected chi connectivity index (χ2v) is 7.07. The third kappa shape index (κ3) is 3.77. The Morgan fingerprint density at radius 1 is 1.50 bits per heavy atom. The van der Waals surface area contributed by atoms with Crippen LogP contribution in [0.25, 0.3) is 0 Å². The summed E-state index contributed by atoms with van der Waals surface area (Å²) >= 11 is 3.23. The first-order valence-electron chi connectivity index (χ1n) is 7.95. The van der Waals surface area contributed by atoms with Crippen molar-refractivity contribution in [1.29, 1.82) is 0 Å². The van der Waals surface area contributed by atoms with Crippen molar-refractivity contribution in [1.82, 2.24) is 20.4 Å². The number of urea groups is 1. The maximum absolute atomic E-state index is 13.9. The van der Waals surface area contributed by atoms with E-state index in [2.05, 4.69) is 31.7 Å². The van der Waals surface area contributed by atoms with E-state index < -0.39 is 6.04 Å². The first-order chi connectivity index (χ1) is 11.5. The summed E-state index contributed by atoms with van der Waals surface area (Å²) in [5, 5.41) is 9.88. The second kappa shape index (κ2) is 6.93. The number of carbonyl (C=O) groups is 1. The van der Waals surface area contributed by atoms with Crippen molar-refractivity contribution in [3.63, 3.8) is 0 Å². The van der Waals surface area contributed by atoms with Gasteiger partial charge >= 0.3 is 6.03 Å². The molecule has 2 amide bonds. The van der Waals surface area contributed by atoms with E-state index in [0.29, 0.717) is 22.5 Å². The van der Waals surface area contributed by atoms with Crippen molar-refractivity contribution in [3.05, 3.63) is 51.5 Å². The molecule has 3 rings (SSSR count). The summed E-state index contributed by atoms with van der Waals surface area (Å²) in [4.78, 5) is 12.1. The first kappa shape index (κ1) is 17.0. The van der Waals surface area contributed by atoms with E-state index in [9.17, 15) is 9.18 Å². The molecule has 0 bridgehead atoms. The van der Waals surface area contributed by atoms with Gasteiger partial charge in [-0.25, -0.2) is 9.18 Å². The quantitative estimate of drug-likeness (QED) is 0.810. The number of nitrogens with zero attached hydrogens (tertiary/aromatic N) is 2. The van der Waals surface area contributed by atoms with Crippen LogP contribution in [-0.4, -0.2) is 15.8 Å². The van der Waals surface area contributed by atoms with Gasteiger partial charge in [0.2, 0.25) is 0 Å². The fourth-order valence-electron chi connectivity index (χ4n) is 2.77. The van der Waals surface area contributed by atoms with Crippen LogP contribution in [0.15, 0.2) is 28.9 Å². The number of rotatable bonds is 5. The van der Waals surface area contributed by atoms with Crippen molar-refractivity contribution >= 4 is 22.0 Å². The lowest BCUT2D eigenvalue weighted by Crippen LogP contribution is -2.37. The lowest BCUT2D eigenvalue weighted by molar-refractivity contribution is 0.237. The summed E-state index contributed by atoms with van der Waals surface area (Å²) in [6.45, 7) is 2.16. The van der Waals surface area contributed by atoms with Gasteiger partial charge in [-0.15, -0.1) is 0 Å². The van der Waals surface area contributed by atoms with E-state index in [1.165, 1.54) is 24.5 Å². The van der Waals surface area contributed by atoms with E-state index in [1.807, 2.05) is 13.2 Å². The van der Waals surface area contributed by atoms with Gasteiger partial charge in [0.1, 0.15) is 5.82 Å². The number of benzene rings is 1. The number of carbonyl (C=O) groups excluding carboxylic acids is 1. The van der Waals surface area contributed by atoms with E-state index in [-0.39, 0.29) is 11.8 Å². The highest BCUT2D eigenvalue weighted by atomic mass is 79.9. The molecule has 0 aliphatic heterocycles. The highest BCUT2D eigenvalue weighted by molar-refractivity contribution is 9.10. The number of aryl methyl sites for hydroxylation is 1. The Morgan fingerprint density at radius 2 is 2.25 bits per heavy atom. The number of hydrogen-bond acceptors (Lipinski definition) is 2. The standard InChI is InChI=1S/C17H20BrFN4O/c1-10(13-6-5-12(18)7-15(13)19)22-17(24)20-9-16-14(11-3-4-11)8-21-23(16)2/h5-8,10-11H,3-4,9H2,1-2H3,(H2,20,22,24). The minimum atomic E-state index is -0.424. The SMILES string of the molecule is CC(NC(=O)NCc1c(C2CC2)cnn1C)c1ccc(Br)cc1F. The molecule has 24 heavy (non-hydrogen) atoms. The normalized spacial score (nSPS) is 15.2. The highest BCUT2D eigenvalue weighted by Gasteiger charge is 2.28. The Labute approximate surface area is 148 Å². The lowest BCUT2D eigenvalue weighted by Gasteiger charge is -2.16. The molecule has 1 aliphatic rings. The van der Waals surface area contributed by atoms with E-state index in [0.717, 1.165) is 5.69 Å². The molecule has 5 nitrogen and oxygen atoms in total. The topological polar surface area (TPSA) is 59.0 Å². The molecule has 1 heterocycles. The van der Waals surface area contributed by atoms with Crippen LogP contribution >= 0.6 is 15.9 Å². The van der Waals surface area contributed by atoms with E-state index >= 15 is 0 Å². The van der Waals surface area contributed by atoms with Crippen LogP contribution in [0.4, 0.5) is 9.18 Å². The minimum Gasteiger partial charge on any atom is -0.333 e. The Bertz CT molecular complexity index is 757. The van der Waals surface area contributed by atoms with Crippen LogP contribution in [0.1, 0.15) is 48.5 Å². The van der Waals surface area contributed by atoms with Gasteiger partial charge in [0.05, 0.1) is 24.5 Å². The average molecular weight is 395 g/mol. The third-order valence-electron chi connectivity index (χ3n) is 4.30. The van der Waals surface area contributed by atoms with Crippen molar-refractivity contribution in [2.24, 2.45) is 7.05 Å². The second-order valence-electron chi connectivity index (χ2n) is 6.16. The Balaban J connectivity index is 1.58. The molecule has 2 N–H and O–H groups in total. The van der Waals surface area contributed by atoms with Crippen LogP contribution in [0.5, 0.6) is 0 Å². The molecule has 2 aromatic rings. The zero-order chi connectivity index (χ0) is 17.3.